The van der Waals surface area contributed by atoms with Crippen molar-refractivity contribution < 1.29 is 4.39 Å². The summed E-state index contributed by atoms with van der Waals surface area (Å²) in [5.41, 5.74) is 3.45. The summed E-state index contributed by atoms with van der Waals surface area (Å²) in [5.74, 6) is -0.250. The molecule has 0 aliphatic rings. The lowest BCUT2D eigenvalue weighted by molar-refractivity contribution is 0.628. The molecule has 19 heavy (non-hydrogen) atoms. The van der Waals surface area contributed by atoms with Crippen LogP contribution in [0.4, 0.5) is 4.39 Å². The Balaban J connectivity index is 1.97. The van der Waals surface area contributed by atoms with Gasteiger partial charge in [0, 0.05) is 22.4 Å². The lowest BCUT2D eigenvalue weighted by Gasteiger charge is -1.96. The number of aromatic amines is 1. The normalized spacial score (nSPS) is 10.6. The number of hydrogen-bond acceptors (Lipinski definition) is 2. The fourth-order valence-electron chi connectivity index (χ4n) is 1.80. The Labute approximate surface area is 117 Å². The molecular formula is C14H9BrFN3. The molecule has 0 radical (unpaired) electrons. The van der Waals surface area contributed by atoms with Crippen LogP contribution in [0.2, 0.25) is 0 Å². The molecule has 0 aliphatic carbocycles. The summed E-state index contributed by atoms with van der Waals surface area (Å²) in [5, 5.41) is 7.19. The zero-order valence-corrected chi connectivity index (χ0v) is 11.4. The molecule has 0 saturated heterocycles. The molecule has 1 N–H and O–H groups in total. The average molecular weight is 318 g/mol. The number of pyridine rings is 1. The summed E-state index contributed by atoms with van der Waals surface area (Å²) < 4.78 is 13.8. The minimum atomic E-state index is -0.250. The average Bonchev–Trinajstić information content (AvgIpc) is 2.89. The first kappa shape index (κ1) is 12.0. The van der Waals surface area contributed by atoms with E-state index in [1.165, 1.54) is 12.1 Å². The summed E-state index contributed by atoms with van der Waals surface area (Å²) in [6.07, 6.45) is 3.46. The molecule has 2 heterocycles. The van der Waals surface area contributed by atoms with Crippen LogP contribution < -0.4 is 0 Å². The Morgan fingerprint density at radius 3 is 2.53 bits per heavy atom. The Morgan fingerprint density at radius 1 is 1.00 bits per heavy atom. The minimum Gasteiger partial charge on any atom is -0.277 e. The SMILES string of the molecule is Fc1ccc(-c2cc(-c3cncc(Br)c3)n[nH]2)cc1. The van der Waals surface area contributed by atoms with Crippen LogP contribution in [-0.4, -0.2) is 15.2 Å². The Hall–Kier alpha value is -2.01. The van der Waals surface area contributed by atoms with Gasteiger partial charge >= 0.3 is 0 Å². The first-order valence-electron chi connectivity index (χ1n) is 5.64. The van der Waals surface area contributed by atoms with E-state index < -0.39 is 0 Å². The van der Waals surface area contributed by atoms with Gasteiger partial charge in [-0.3, -0.25) is 10.1 Å². The molecule has 0 saturated carbocycles. The number of nitrogens with one attached hydrogen (secondary N) is 1. The number of hydrogen-bond donors (Lipinski definition) is 1. The van der Waals surface area contributed by atoms with Crippen LogP contribution in [-0.2, 0) is 0 Å². The summed E-state index contributed by atoms with van der Waals surface area (Å²) in [7, 11) is 0. The first-order chi connectivity index (χ1) is 9.22. The number of halogens is 2. The van der Waals surface area contributed by atoms with Gasteiger partial charge < -0.3 is 0 Å². The van der Waals surface area contributed by atoms with Gasteiger partial charge in [0.1, 0.15) is 5.82 Å². The topological polar surface area (TPSA) is 41.6 Å². The maximum absolute atomic E-state index is 12.9. The van der Waals surface area contributed by atoms with E-state index in [0.717, 1.165) is 27.0 Å². The van der Waals surface area contributed by atoms with Gasteiger partial charge in [-0.05, 0) is 57.9 Å². The molecule has 94 valence electrons. The van der Waals surface area contributed by atoms with E-state index in [4.69, 9.17) is 0 Å². The third-order valence-electron chi connectivity index (χ3n) is 2.73. The molecule has 0 bridgehead atoms. The van der Waals surface area contributed by atoms with Crippen LogP contribution in [0.1, 0.15) is 0 Å². The molecule has 5 heteroatoms. The van der Waals surface area contributed by atoms with Gasteiger partial charge in [-0.15, -0.1) is 0 Å². The third kappa shape index (κ3) is 2.56. The molecule has 0 atom stereocenters. The zero-order valence-electron chi connectivity index (χ0n) is 9.77. The quantitative estimate of drug-likeness (QED) is 0.775. The van der Waals surface area contributed by atoms with Crippen molar-refractivity contribution in [2.75, 3.05) is 0 Å². The predicted octanol–water partition coefficient (Wildman–Crippen LogP) is 4.04. The molecule has 2 aromatic heterocycles. The Morgan fingerprint density at radius 2 is 1.79 bits per heavy atom. The van der Waals surface area contributed by atoms with E-state index in [9.17, 15) is 4.39 Å². The number of H-pyrrole nitrogens is 1. The van der Waals surface area contributed by atoms with Gasteiger partial charge in [-0.1, -0.05) is 0 Å². The van der Waals surface area contributed by atoms with Gasteiger partial charge in [-0.25, -0.2) is 4.39 Å². The number of rotatable bonds is 2. The smallest absolute Gasteiger partial charge is 0.123 e. The maximum Gasteiger partial charge on any atom is 0.123 e. The largest absolute Gasteiger partial charge is 0.277 e. The van der Waals surface area contributed by atoms with Crippen molar-refractivity contribution in [3.63, 3.8) is 0 Å². The summed E-state index contributed by atoms with van der Waals surface area (Å²) in [4.78, 5) is 4.10. The van der Waals surface area contributed by atoms with Crippen molar-refractivity contribution in [1.82, 2.24) is 15.2 Å². The van der Waals surface area contributed by atoms with Crippen LogP contribution in [0, 0.1) is 5.82 Å². The van der Waals surface area contributed by atoms with E-state index in [-0.39, 0.29) is 5.82 Å². The molecular weight excluding hydrogens is 309 g/mol. The van der Waals surface area contributed by atoms with Gasteiger partial charge in [0.15, 0.2) is 0 Å². The molecule has 0 amide bonds. The number of nitrogens with zero attached hydrogens (tertiary/aromatic N) is 2. The zero-order chi connectivity index (χ0) is 13.2. The van der Waals surface area contributed by atoms with Crippen LogP contribution in [0.25, 0.3) is 22.5 Å². The maximum atomic E-state index is 12.9. The molecule has 1 aromatic carbocycles. The molecule has 3 aromatic rings. The van der Waals surface area contributed by atoms with Crippen molar-refractivity contribution in [1.29, 1.82) is 0 Å². The van der Waals surface area contributed by atoms with E-state index >= 15 is 0 Å². The van der Waals surface area contributed by atoms with E-state index in [1.54, 1.807) is 24.5 Å². The van der Waals surface area contributed by atoms with Crippen molar-refractivity contribution in [2.45, 2.75) is 0 Å². The highest BCUT2D eigenvalue weighted by atomic mass is 79.9. The Bertz CT molecular complexity index is 707. The Kier molecular flexibility index (Phi) is 3.13. The third-order valence-corrected chi connectivity index (χ3v) is 3.17. The molecule has 0 aliphatic heterocycles. The highest BCUT2D eigenvalue weighted by Crippen LogP contribution is 2.25. The molecule has 0 unspecified atom stereocenters. The molecule has 3 nitrogen and oxygen atoms in total. The van der Waals surface area contributed by atoms with Crippen molar-refractivity contribution >= 4 is 15.9 Å². The second-order valence-corrected chi connectivity index (χ2v) is 4.98. The second kappa shape index (κ2) is 4.93. The molecule has 0 fully saturated rings. The highest BCUT2D eigenvalue weighted by Gasteiger charge is 2.06. The van der Waals surface area contributed by atoms with Crippen LogP contribution in [0.5, 0.6) is 0 Å². The van der Waals surface area contributed by atoms with Crippen LogP contribution >= 0.6 is 15.9 Å². The fraction of sp³-hybridized carbons (Fsp3) is 0. The number of benzene rings is 1. The lowest BCUT2D eigenvalue weighted by atomic mass is 10.1. The van der Waals surface area contributed by atoms with Crippen LogP contribution in [0.15, 0.2) is 53.3 Å². The van der Waals surface area contributed by atoms with E-state index in [1.807, 2.05) is 12.1 Å². The monoisotopic (exact) mass is 317 g/mol. The standard InChI is InChI=1S/C14H9BrFN3/c15-11-5-10(7-17-8-11)14-6-13(18-19-14)9-1-3-12(16)4-2-9/h1-8H,(H,18,19). The van der Waals surface area contributed by atoms with E-state index in [2.05, 4.69) is 31.1 Å². The number of aromatic nitrogens is 3. The fourth-order valence-corrected chi connectivity index (χ4v) is 2.16. The minimum absolute atomic E-state index is 0.250. The van der Waals surface area contributed by atoms with Crippen molar-refractivity contribution in [3.05, 3.63) is 59.1 Å². The van der Waals surface area contributed by atoms with Crippen molar-refractivity contribution in [2.24, 2.45) is 0 Å². The summed E-state index contributed by atoms with van der Waals surface area (Å²) in [6, 6.07) is 10.1. The van der Waals surface area contributed by atoms with Gasteiger partial charge in [-0.2, -0.15) is 5.10 Å². The van der Waals surface area contributed by atoms with Gasteiger partial charge in [0.25, 0.3) is 0 Å². The summed E-state index contributed by atoms with van der Waals surface area (Å²) in [6.45, 7) is 0. The molecule has 3 rings (SSSR count). The highest BCUT2D eigenvalue weighted by molar-refractivity contribution is 9.10. The first-order valence-corrected chi connectivity index (χ1v) is 6.44. The van der Waals surface area contributed by atoms with E-state index in [0.29, 0.717) is 0 Å². The molecule has 0 spiro atoms. The van der Waals surface area contributed by atoms with Crippen molar-refractivity contribution in [3.8, 4) is 22.5 Å². The predicted molar refractivity (Wildman–Crippen MR) is 74.9 cm³/mol. The summed E-state index contributed by atoms with van der Waals surface area (Å²) >= 11 is 3.38. The second-order valence-electron chi connectivity index (χ2n) is 4.07. The lowest BCUT2D eigenvalue weighted by Crippen LogP contribution is -1.80. The van der Waals surface area contributed by atoms with Gasteiger partial charge in [0.2, 0.25) is 0 Å². The van der Waals surface area contributed by atoms with Crippen LogP contribution in [0.3, 0.4) is 0 Å². The van der Waals surface area contributed by atoms with Gasteiger partial charge in [0.05, 0.1) is 11.4 Å².